The van der Waals surface area contributed by atoms with Gasteiger partial charge in [-0.1, -0.05) is 13.0 Å². The molecule has 164 valence electrons. The molecule has 0 aromatic heterocycles. The summed E-state index contributed by atoms with van der Waals surface area (Å²) in [6.45, 7) is 2.58. The summed E-state index contributed by atoms with van der Waals surface area (Å²) < 4.78 is 5.76. The second kappa shape index (κ2) is 13.0. The van der Waals surface area contributed by atoms with Crippen LogP contribution in [0.2, 0.25) is 0 Å². The number of benzene rings is 1. The number of allylic oxidation sites excluding steroid dienone is 5. The van der Waals surface area contributed by atoms with Crippen LogP contribution in [0.5, 0.6) is 5.75 Å². The second-order valence-electron chi connectivity index (χ2n) is 7.03. The van der Waals surface area contributed by atoms with Crippen molar-refractivity contribution in [1.82, 2.24) is 5.32 Å². The summed E-state index contributed by atoms with van der Waals surface area (Å²) in [7, 11) is 1.72. The van der Waals surface area contributed by atoms with Gasteiger partial charge in [-0.15, -0.1) is 0 Å². The van der Waals surface area contributed by atoms with Crippen LogP contribution in [0.4, 0.5) is 0 Å². The van der Waals surface area contributed by atoms with E-state index in [1.807, 2.05) is 6.08 Å². The largest absolute Gasteiger partial charge is 0.508 e. The van der Waals surface area contributed by atoms with Gasteiger partial charge in [0.1, 0.15) is 17.3 Å². The van der Waals surface area contributed by atoms with Crippen molar-refractivity contribution < 1.29 is 19.4 Å². The fourth-order valence-corrected chi connectivity index (χ4v) is 2.97. The summed E-state index contributed by atoms with van der Waals surface area (Å²) in [6, 6.07) is 6.82. The lowest BCUT2D eigenvalue weighted by molar-refractivity contribution is -0.121. The first-order valence-corrected chi connectivity index (χ1v) is 10.5. The van der Waals surface area contributed by atoms with Gasteiger partial charge in [0.15, 0.2) is 5.78 Å². The number of carbonyl (C=O) groups is 2. The number of rotatable bonds is 11. The fourth-order valence-electron chi connectivity index (χ4n) is 2.97. The van der Waals surface area contributed by atoms with Crippen molar-refractivity contribution >= 4 is 17.9 Å². The number of hydrogen-bond acceptors (Lipinski definition) is 5. The molecule has 1 aliphatic rings. The van der Waals surface area contributed by atoms with E-state index in [0.29, 0.717) is 36.5 Å². The molecule has 0 radical (unpaired) electrons. The van der Waals surface area contributed by atoms with E-state index in [2.05, 4.69) is 23.3 Å². The van der Waals surface area contributed by atoms with Gasteiger partial charge in [0.05, 0.1) is 0 Å². The molecule has 1 aromatic carbocycles. The van der Waals surface area contributed by atoms with Crippen molar-refractivity contribution in [3.8, 4) is 5.75 Å². The molecule has 2 rings (SSSR count). The highest BCUT2D eigenvalue weighted by Gasteiger charge is 2.10. The van der Waals surface area contributed by atoms with E-state index < -0.39 is 0 Å². The Labute approximate surface area is 183 Å². The summed E-state index contributed by atoms with van der Waals surface area (Å²) in [5.74, 6) is 1.19. The van der Waals surface area contributed by atoms with E-state index in [1.165, 1.54) is 0 Å². The molecule has 0 heterocycles. The van der Waals surface area contributed by atoms with Crippen LogP contribution in [0.3, 0.4) is 0 Å². The number of carbonyl (C=O) groups excluding carboxylic acids is 2. The zero-order chi connectivity index (χ0) is 22.5. The van der Waals surface area contributed by atoms with Gasteiger partial charge in [0.2, 0.25) is 5.91 Å². The number of ketones is 1. The van der Waals surface area contributed by atoms with E-state index in [1.54, 1.807) is 55.8 Å². The SMILES string of the molecule is CC/C=C(\C=NC)CCNC(=O)CCC(=O)c1ccc(OC2=CCC=C(O)C=C2)cc1. The number of aliphatic hydroxyl groups is 1. The van der Waals surface area contributed by atoms with E-state index in [4.69, 9.17) is 4.74 Å². The standard InChI is InChI=1S/C25H30N2O4/c1-3-5-19(18-26-2)16-17-27-25(30)15-14-24(29)20-8-11-23(12-9-20)31-22-7-4-6-21(28)10-13-22/h5-13,18,28H,3-4,14-17H2,1-2H3,(H,27,30)/b19-5-,26-18?. The first kappa shape index (κ1) is 23.9. The van der Waals surface area contributed by atoms with Crippen LogP contribution >= 0.6 is 0 Å². The predicted molar refractivity (Wildman–Crippen MR) is 124 cm³/mol. The summed E-state index contributed by atoms with van der Waals surface area (Å²) in [5.41, 5.74) is 1.63. The molecular weight excluding hydrogens is 392 g/mol. The smallest absolute Gasteiger partial charge is 0.220 e. The average Bonchev–Trinajstić information content (AvgIpc) is 2.97. The Kier molecular flexibility index (Phi) is 10.0. The second-order valence-corrected chi connectivity index (χ2v) is 7.03. The molecule has 6 nitrogen and oxygen atoms in total. The van der Waals surface area contributed by atoms with Gasteiger partial charge >= 0.3 is 0 Å². The minimum atomic E-state index is -0.137. The van der Waals surface area contributed by atoms with Crippen LogP contribution in [0, 0.1) is 0 Å². The lowest BCUT2D eigenvalue weighted by Crippen LogP contribution is -2.25. The van der Waals surface area contributed by atoms with Crippen LogP contribution in [-0.4, -0.2) is 36.6 Å². The summed E-state index contributed by atoms with van der Waals surface area (Å²) in [4.78, 5) is 28.4. The molecule has 6 heteroatoms. The molecule has 0 atom stereocenters. The van der Waals surface area contributed by atoms with E-state index in [-0.39, 0.29) is 30.3 Å². The minimum Gasteiger partial charge on any atom is -0.508 e. The third kappa shape index (κ3) is 8.86. The van der Waals surface area contributed by atoms with E-state index in [0.717, 1.165) is 12.0 Å². The number of aliphatic imine (C=N–C) groups is 1. The van der Waals surface area contributed by atoms with Crippen LogP contribution in [-0.2, 0) is 4.79 Å². The van der Waals surface area contributed by atoms with Gasteiger partial charge in [-0.3, -0.25) is 14.6 Å². The molecule has 0 unspecified atom stereocenters. The zero-order valence-corrected chi connectivity index (χ0v) is 18.1. The number of aliphatic hydroxyl groups excluding tert-OH is 1. The Balaban J connectivity index is 1.77. The molecule has 2 N–H and O–H groups in total. The Morgan fingerprint density at radius 2 is 1.90 bits per heavy atom. The molecule has 0 aliphatic heterocycles. The highest BCUT2D eigenvalue weighted by Crippen LogP contribution is 2.19. The van der Waals surface area contributed by atoms with E-state index >= 15 is 0 Å². The predicted octanol–water partition coefficient (Wildman–Crippen LogP) is 4.86. The Morgan fingerprint density at radius 3 is 2.61 bits per heavy atom. The number of nitrogens with one attached hydrogen (secondary N) is 1. The molecule has 1 aliphatic carbocycles. The Bertz CT molecular complexity index is 906. The number of Topliss-reactive ketones (excluding diaryl/α,β-unsaturated/α-hetero) is 1. The van der Waals surface area contributed by atoms with Crippen molar-refractivity contribution in [2.45, 2.75) is 39.0 Å². The van der Waals surface area contributed by atoms with Gasteiger partial charge in [-0.2, -0.15) is 0 Å². The van der Waals surface area contributed by atoms with Gasteiger partial charge in [-0.25, -0.2) is 0 Å². The maximum atomic E-state index is 12.4. The maximum absolute atomic E-state index is 12.4. The Morgan fingerprint density at radius 1 is 1.13 bits per heavy atom. The zero-order valence-electron chi connectivity index (χ0n) is 18.1. The average molecular weight is 423 g/mol. The third-order valence-corrected chi connectivity index (χ3v) is 4.55. The van der Waals surface area contributed by atoms with Crippen LogP contribution in [0.15, 0.2) is 76.7 Å². The molecule has 1 amide bonds. The lowest BCUT2D eigenvalue weighted by Gasteiger charge is -2.08. The van der Waals surface area contributed by atoms with Gasteiger partial charge in [0, 0.05) is 38.2 Å². The van der Waals surface area contributed by atoms with Crippen molar-refractivity contribution in [1.29, 1.82) is 0 Å². The summed E-state index contributed by atoms with van der Waals surface area (Å²) in [6.07, 6.45) is 13.2. The molecule has 0 saturated heterocycles. The van der Waals surface area contributed by atoms with Gasteiger partial charge in [-0.05, 0) is 73.4 Å². The molecular formula is C25H30N2O4. The van der Waals surface area contributed by atoms with Crippen molar-refractivity contribution in [2.24, 2.45) is 4.99 Å². The van der Waals surface area contributed by atoms with E-state index in [9.17, 15) is 14.7 Å². The molecule has 31 heavy (non-hydrogen) atoms. The topological polar surface area (TPSA) is 88.0 Å². The van der Waals surface area contributed by atoms with Crippen LogP contribution in [0.25, 0.3) is 0 Å². The number of hydrogen-bond donors (Lipinski definition) is 2. The summed E-state index contributed by atoms with van der Waals surface area (Å²) >= 11 is 0. The van der Waals surface area contributed by atoms with Gasteiger partial charge in [0.25, 0.3) is 0 Å². The minimum absolute atomic E-state index is 0.0888. The van der Waals surface area contributed by atoms with Crippen molar-refractivity contribution in [3.05, 3.63) is 77.3 Å². The molecule has 0 bridgehead atoms. The highest BCUT2D eigenvalue weighted by atomic mass is 16.5. The quantitative estimate of drug-likeness (QED) is 0.394. The molecule has 0 spiro atoms. The third-order valence-electron chi connectivity index (χ3n) is 4.55. The highest BCUT2D eigenvalue weighted by molar-refractivity contribution is 5.98. The molecule has 0 saturated carbocycles. The number of ether oxygens (including phenoxy) is 1. The van der Waals surface area contributed by atoms with Crippen molar-refractivity contribution in [2.75, 3.05) is 13.6 Å². The normalized spacial score (nSPS) is 14.1. The lowest BCUT2D eigenvalue weighted by atomic mass is 10.1. The first-order chi connectivity index (χ1) is 15.0. The van der Waals surface area contributed by atoms with Gasteiger partial charge < -0.3 is 15.2 Å². The van der Waals surface area contributed by atoms with Crippen molar-refractivity contribution in [3.63, 3.8) is 0 Å². The Hall–Kier alpha value is -3.41. The van der Waals surface area contributed by atoms with Crippen LogP contribution < -0.4 is 10.1 Å². The molecule has 0 fully saturated rings. The molecule has 1 aromatic rings. The fraction of sp³-hybridized carbons (Fsp3) is 0.320. The summed E-state index contributed by atoms with van der Waals surface area (Å²) in [5, 5.41) is 12.3. The number of amides is 1. The maximum Gasteiger partial charge on any atom is 0.220 e. The first-order valence-electron chi connectivity index (χ1n) is 10.5. The number of nitrogens with zero attached hydrogens (tertiary/aromatic N) is 1. The monoisotopic (exact) mass is 422 g/mol. The van der Waals surface area contributed by atoms with Crippen LogP contribution in [0.1, 0.15) is 49.4 Å².